The number of nitrogens with zero attached hydrogens (tertiary/aromatic N) is 2. The fourth-order valence-electron chi connectivity index (χ4n) is 3.69. The highest BCUT2D eigenvalue weighted by atomic mass is 31.2. The first-order valence-electron chi connectivity index (χ1n) is 10.7. The number of anilines is 1. The van der Waals surface area contributed by atoms with Crippen LogP contribution in [0.2, 0.25) is 0 Å². The largest absolute Gasteiger partial charge is 0.490 e. The van der Waals surface area contributed by atoms with Crippen molar-refractivity contribution in [3.8, 4) is 5.75 Å². The van der Waals surface area contributed by atoms with Crippen LogP contribution in [0.4, 0.5) is 10.2 Å². The molecule has 12 heteroatoms. The molecule has 2 saturated heterocycles. The normalized spacial score (nSPS) is 20.0. The standard InChI is InChI=1S/C21H29FN2O7P2/c1-24(21-5-2-3-8-23-21)9-4-10-27-19-15-17(6-7-18(19)22)20(33(26)30-13-14-31-33)16-32(25)28-11-12-29-32/h2-3,5-8,15,20,25-26H,4,9-14,16H2,1H3/q+2. The Kier molecular flexibility index (Phi) is 8.10. The molecule has 3 heterocycles. The molecule has 2 fully saturated rings. The molecule has 0 amide bonds. The average Bonchev–Trinajstić information content (AvgIpc) is 3.46. The van der Waals surface area contributed by atoms with E-state index < -0.39 is 27.4 Å². The molecule has 0 spiro atoms. The lowest BCUT2D eigenvalue weighted by Crippen LogP contribution is -2.21. The lowest BCUT2D eigenvalue weighted by molar-refractivity contribution is 0.285. The molecular formula is C21H29FN2O7P2+2. The van der Waals surface area contributed by atoms with Gasteiger partial charge in [0.05, 0.1) is 6.61 Å². The van der Waals surface area contributed by atoms with Gasteiger partial charge in [-0.1, -0.05) is 12.1 Å². The van der Waals surface area contributed by atoms with E-state index in [1.807, 2.05) is 30.1 Å². The van der Waals surface area contributed by atoms with Crippen LogP contribution in [0.1, 0.15) is 17.6 Å². The van der Waals surface area contributed by atoms with E-state index in [0.717, 1.165) is 5.82 Å². The Balaban J connectivity index is 1.43. The Hall–Kier alpha value is -1.48. The quantitative estimate of drug-likeness (QED) is 0.371. The van der Waals surface area contributed by atoms with E-state index in [9.17, 15) is 14.2 Å². The molecule has 0 saturated carbocycles. The van der Waals surface area contributed by atoms with Crippen molar-refractivity contribution in [1.82, 2.24) is 4.98 Å². The van der Waals surface area contributed by atoms with Gasteiger partial charge in [-0.15, -0.1) is 0 Å². The zero-order valence-electron chi connectivity index (χ0n) is 18.4. The van der Waals surface area contributed by atoms with Gasteiger partial charge >= 0.3 is 15.9 Å². The van der Waals surface area contributed by atoms with E-state index in [2.05, 4.69) is 4.98 Å². The van der Waals surface area contributed by atoms with E-state index in [1.54, 1.807) is 6.20 Å². The zero-order chi connectivity index (χ0) is 23.3. The fraction of sp³-hybridized carbons (Fsp3) is 0.476. The van der Waals surface area contributed by atoms with Gasteiger partial charge < -0.3 is 9.64 Å². The maximum Gasteiger partial charge on any atom is 0.421 e. The van der Waals surface area contributed by atoms with Gasteiger partial charge in [0.25, 0.3) is 0 Å². The van der Waals surface area contributed by atoms with Crippen LogP contribution in [-0.4, -0.2) is 67.6 Å². The Morgan fingerprint density at radius 3 is 2.52 bits per heavy atom. The van der Waals surface area contributed by atoms with Crippen LogP contribution in [0.5, 0.6) is 5.75 Å². The van der Waals surface area contributed by atoms with Gasteiger partial charge in [0.1, 0.15) is 32.2 Å². The fourth-order valence-corrected chi connectivity index (χ4v) is 8.43. The van der Waals surface area contributed by atoms with Gasteiger partial charge in [-0.05, 0) is 30.7 Å². The maximum absolute atomic E-state index is 14.5. The van der Waals surface area contributed by atoms with Crippen molar-refractivity contribution in [1.29, 1.82) is 0 Å². The summed E-state index contributed by atoms with van der Waals surface area (Å²) in [6, 6.07) is 10.0. The summed E-state index contributed by atoms with van der Waals surface area (Å²) in [4.78, 5) is 28.0. The third kappa shape index (κ3) is 6.15. The molecule has 1 aromatic heterocycles. The molecule has 0 bridgehead atoms. The lowest BCUT2D eigenvalue weighted by atomic mass is 10.1. The number of hydrogen-bond acceptors (Lipinski definition) is 9. The van der Waals surface area contributed by atoms with Crippen molar-refractivity contribution < 1.29 is 37.0 Å². The summed E-state index contributed by atoms with van der Waals surface area (Å²) in [7, 11) is -4.58. The predicted octanol–water partition coefficient (Wildman–Crippen LogP) is 3.77. The van der Waals surface area contributed by atoms with Crippen molar-refractivity contribution in [2.45, 2.75) is 12.1 Å². The number of pyridine rings is 1. The van der Waals surface area contributed by atoms with Gasteiger partial charge in [-0.3, -0.25) is 0 Å². The van der Waals surface area contributed by atoms with E-state index in [4.69, 9.17) is 22.8 Å². The third-order valence-corrected chi connectivity index (χ3v) is 10.0. The summed E-state index contributed by atoms with van der Waals surface area (Å²) >= 11 is 0. The van der Waals surface area contributed by atoms with Gasteiger partial charge in [0.15, 0.2) is 17.7 Å². The van der Waals surface area contributed by atoms with E-state index >= 15 is 0 Å². The van der Waals surface area contributed by atoms with Gasteiger partial charge in [-0.2, -0.15) is 27.9 Å². The zero-order valence-corrected chi connectivity index (χ0v) is 20.2. The van der Waals surface area contributed by atoms with Crippen LogP contribution in [-0.2, 0) is 18.1 Å². The molecule has 1 atom stereocenters. The van der Waals surface area contributed by atoms with Crippen LogP contribution in [0.25, 0.3) is 0 Å². The first kappa shape index (κ1) is 24.6. The van der Waals surface area contributed by atoms with Crippen LogP contribution < -0.4 is 9.64 Å². The van der Waals surface area contributed by atoms with Crippen LogP contribution in [0.3, 0.4) is 0 Å². The topological polar surface area (TPSA) is 103 Å². The number of halogens is 1. The van der Waals surface area contributed by atoms with Crippen molar-refractivity contribution in [2.75, 3.05) is 57.7 Å². The summed E-state index contributed by atoms with van der Waals surface area (Å²) in [6.07, 6.45) is 2.36. The molecule has 2 aliphatic rings. The first-order chi connectivity index (χ1) is 15.9. The maximum atomic E-state index is 14.5. The van der Waals surface area contributed by atoms with E-state index in [0.29, 0.717) is 18.5 Å². The Labute approximate surface area is 193 Å². The second kappa shape index (κ2) is 10.8. The monoisotopic (exact) mass is 502 g/mol. The third-order valence-electron chi connectivity index (χ3n) is 5.38. The summed E-state index contributed by atoms with van der Waals surface area (Å²) < 4.78 is 42.1. The summed E-state index contributed by atoms with van der Waals surface area (Å²) in [6.45, 7) is 2.01. The van der Waals surface area contributed by atoms with E-state index in [1.165, 1.54) is 18.2 Å². The number of rotatable bonds is 10. The average molecular weight is 502 g/mol. The molecule has 1 aromatic carbocycles. The molecule has 2 N–H and O–H groups in total. The number of hydrogen-bond donors (Lipinski definition) is 2. The number of benzene rings is 1. The Morgan fingerprint density at radius 1 is 1.09 bits per heavy atom. The SMILES string of the molecule is CN(CCCOc1cc(C(C[P+]2(O)OCCO2)[P+]2(O)OCCO2)ccc1F)c1ccccn1. The van der Waals surface area contributed by atoms with Crippen LogP contribution >= 0.6 is 15.9 Å². The molecule has 180 valence electrons. The van der Waals surface area contributed by atoms with Crippen molar-refractivity contribution in [3.05, 3.63) is 54.0 Å². The molecule has 9 nitrogen and oxygen atoms in total. The molecule has 4 rings (SSSR count). The smallest absolute Gasteiger partial charge is 0.421 e. The minimum absolute atomic E-state index is 0.0166. The molecule has 2 aromatic rings. The van der Waals surface area contributed by atoms with Crippen LogP contribution in [0, 0.1) is 5.82 Å². The second-order valence-corrected chi connectivity index (χ2v) is 12.2. The van der Waals surface area contributed by atoms with Gasteiger partial charge in [0.2, 0.25) is 5.66 Å². The number of ether oxygens (including phenoxy) is 1. The van der Waals surface area contributed by atoms with Crippen LogP contribution in [0.15, 0.2) is 42.6 Å². The molecule has 0 radical (unpaired) electrons. The van der Waals surface area contributed by atoms with Gasteiger partial charge in [-0.25, -0.2) is 9.37 Å². The van der Waals surface area contributed by atoms with Crippen molar-refractivity contribution >= 4 is 21.7 Å². The summed E-state index contributed by atoms with van der Waals surface area (Å²) in [5.74, 6) is 0.387. The lowest BCUT2D eigenvalue weighted by Gasteiger charge is -2.22. The highest BCUT2D eigenvalue weighted by molar-refractivity contribution is 7.65. The summed E-state index contributed by atoms with van der Waals surface area (Å²) in [5.41, 5.74) is -0.225. The Morgan fingerprint density at radius 2 is 1.82 bits per heavy atom. The van der Waals surface area contributed by atoms with Gasteiger partial charge in [0, 0.05) is 25.4 Å². The molecule has 1 unspecified atom stereocenters. The highest BCUT2D eigenvalue weighted by Gasteiger charge is 2.62. The second-order valence-electron chi connectivity index (χ2n) is 7.73. The van der Waals surface area contributed by atoms with E-state index in [-0.39, 0.29) is 44.9 Å². The molecular weight excluding hydrogens is 473 g/mol. The van der Waals surface area contributed by atoms with Crippen molar-refractivity contribution in [2.24, 2.45) is 0 Å². The minimum atomic E-state index is -3.34. The molecule has 0 aliphatic carbocycles. The van der Waals surface area contributed by atoms with Crippen molar-refractivity contribution in [3.63, 3.8) is 0 Å². The summed E-state index contributed by atoms with van der Waals surface area (Å²) in [5, 5.41) is 0. The first-order valence-corrected chi connectivity index (χ1v) is 14.1. The molecule has 2 aliphatic heterocycles. The highest BCUT2D eigenvalue weighted by Crippen LogP contribution is 2.76. The number of aromatic nitrogens is 1. The molecule has 33 heavy (non-hydrogen) atoms. The Bertz CT molecular complexity index is 915. The minimum Gasteiger partial charge on any atom is -0.490 e. The predicted molar refractivity (Wildman–Crippen MR) is 124 cm³/mol.